The maximum atomic E-state index is 13.1. The van der Waals surface area contributed by atoms with E-state index in [-0.39, 0.29) is 11.5 Å². The van der Waals surface area contributed by atoms with E-state index in [2.05, 4.69) is 10.1 Å². The SMILES string of the molecule is C/C(=N\N)c1ccc(-c2cc(C(F)(F)F)cc(N(C)C)n2)cc1. The Labute approximate surface area is 132 Å². The number of nitrogens with two attached hydrogens (primary N) is 1. The molecule has 23 heavy (non-hydrogen) atoms. The summed E-state index contributed by atoms with van der Waals surface area (Å²) in [6, 6.07) is 8.98. The van der Waals surface area contributed by atoms with Crippen molar-refractivity contribution in [3.8, 4) is 11.3 Å². The van der Waals surface area contributed by atoms with Crippen molar-refractivity contribution in [2.75, 3.05) is 19.0 Å². The van der Waals surface area contributed by atoms with Crippen LogP contribution in [0.1, 0.15) is 18.1 Å². The van der Waals surface area contributed by atoms with Crippen LogP contribution < -0.4 is 10.7 Å². The summed E-state index contributed by atoms with van der Waals surface area (Å²) in [5.41, 5.74) is 1.57. The first-order valence-electron chi connectivity index (χ1n) is 6.84. The van der Waals surface area contributed by atoms with Crippen molar-refractivity contribution in [1.82, 2.24) is 4.98 Å². The average molecular weight is 322 g/mol. The summed E-state index contributed by atoms with van der Waals surface area (Å²) in [7, 11) is 3.30. The maximum absolute atomic E-state index is 13.1. The first kappa shape index (κ1) is 16.8. The summed E-state index contributed by atoms with van der Waals surface area (Å²) in [4.78, 5) is 5.82. The summed E-state index contributed by atoms with van der Waals surface area (Å²) in [5, 5.41) is 3.59. The van der Waals surface area contributed by atoms with Gasteiger partial charge in [-0.05, 0) is 24.6 Å². The molecule has 7 heteroatoms. The van der Waals surface area contributed by atoms with E-state index in [1.807, 2.05) is 0 Å². The lowest BCUT2D eigenvalue weighted by molar-refractivity contribution is -0.137. The molecule has 0 radical (unpaired) electrons. The van der Waals surface area contributed by atoms with E-state index < -0.39 is 11.7 Å². The number of hydrogen-bond donors (Lipinski definition) is 1. The van der Waals surface area contributed by atoms with Crippen LogP contribution in [0.15, 0.2) is 41.5 Å². The van der Waals surface area contributed by atoms with Crippen molar-refractivity contribution in [2.24, 2.45) is 10.9 Å². The lowest BCUT2D eigenvalue weighted by Gasteiger charge is -2.16. The largest absolute Gasteiger partial charge is 0.416 e. The average Bonchev–Trinajstić information content (AvgIpc) is 2.53. The Hall–Kier alpha value is -2.57. The first-order chi connectivity index (χ1) is 10.7. The molecule has 0 fully saturated rings. The van der Waals surface area contributed by atoms with Gasteiger partial charge in [0.1, 0.15) is 5.82 Å². The number of hydrazone groups is 1. The van der Waals surface area contributed by atoms with Crippen LogP contribution >= 0.6 is 0 Å². The van der Waals surface area contributed by atoms with Gasteiger partial charge >= 0.3 is 6.18 Å². The zero-order valence-electron chi connectivity index (χ0n) is 13.0. The van der Waals surface area contributed by atoms with Crippen molar-refractivity contribution in [3.63, 3.8) is 0 Å². The number of hydrogen-bond acceptors (Lipinski definition) is 4. The highest BCUT2D eigenvalue weighted by molar-refractivity contribution is 5.98. The van der Waals surface area contributed by atoms with Crippen molar-refractivity contribution in [2.45, 2.75) is 13.1 Å². The van der Waals surface area contributed by atoms with Crippen LogP contribution in [0.4, 0.5) is 19.0 Å². The van der Waals surface area contributed by atoms with Gasteiger partial charge in [0, 0.05) is 19.7 Å². The van der Waals surface area contributed by atoms with Crippen LogP contribution in [-0.4, -0.2) is 24.8 Å². The highest BCUT2D eigenvalue weighted by Gasteiger charge is 2.32. The van der Waals surface area contributed by atoms with Crippen LogP contribution in [0, 0.1) is 0 Å². The Morgan fingerprint density at radius 2 is 1.74 bits per heavy atom. The van der Waals surface area contributed by atoms with Crippen molar-refractivity contribution in [1.29, 1.82) is 0 Å². The van der Waals surface area contributed by atoms with Gasteiger partial charge in [-0.2, -0.15) is 18.3 Å². The molecule has 2 rings (SSSR count). The van der Waals surface area contributed by atoms with Gasteiger partial charge in [0.05, 0.1) is 17.0 Å². The summed E-state index contributed by atoms with van der Waals surface area (Å²) in [5.74, 6) is 5.47. The molecule has 122 valence electrons. The molecule has 2 aromatic rings. The minimum Gasteiger partial charge on any atom is -0.363 e. The van der Waals surface area contributed by atoms with Crippen molar-refractivity contribution < 1.29 is 13.2 Å². The molecule has 0 saturated heterocycles. The normalized spacial score (nSPS) is 12.3. The number of halogens is 3. The Kier molecular flexibility index (Phi) is 4.58. The molecular formula is C16H17F3N4. The maximum Gasteiger partial charge on any atom is 0.416 e. The second-order valence-electron chi connectivity index (χ2n) is 5.28. The number of rotatable bonds is 3. The molecule has 4 nitrogen and oxygen atoms in total. The Morgan fingerprint density at radius 1 is 1.13 bits per heavy atom. The molecule has 0 aliphatic rings. The molecule has 1 aromatic heterocycles. The molecular weight excluding hydrogens is 305 g/mol. The zero-order valence-corrected chi connectivity index (χ0v) is 13.0. The topological polar surface area (TPSA) is 54.5 Å². The molecule has 0 aliphatic heterocycles. The van der Waals surface area contributed by atoms with Crippen molar-refractivity contribution >= 4 is 11.5 Å². The fourth-order valence-corrected chi connectivity index (χ4v) is 2.01. The number of pyridine rings is 1. The van der Waals surface area contributed by atoms with E-state index >= 15 is 0 Å². The predicted octanol–water partition coefficient (Wildman–Crippen LogP) is 3.52. The number of benzene rings is 1. The van der Waals surface area contributed by atoms with Gasteiger partial charge in [0.2, 0.25) is 0 Å². The summed E-state index contributed by atoms with van der Waals surface area (Å²) in [6.45, 7) is 1.75. The fourth-order valence-electron chi connectivity index (χ4n) is 2.01. The zero-order chi connectivity index (χ0) is 17.2. The van der Waals surface area contributed by atoms with Gasteiger partial charge in [-0.3, -0.25) is 0 Å². The Balaban J connectivity index is 2.52. The minimum absolute atomic E-state index is 0.249. The third-order valence-corrected chi connectivity index (χ3v) is 3.39. The number of alkyl halides is 3. The number of aromatic nitrogens is 1. The van der Waals surface area contributed by atoms with E-state index in [4.69, 9.17) is 5.84 Å². The highest BCUT2D eigenvalue weighted by Crippen LogP contribution is 2.33. The molecule has 1 aromatic carbocycles. The van der Waals surface area contributed by atoms with Crippen LogP contribution in [0.5, 0.6) is 0 Å². The van der Waals surface area contributed by atoms with Crippen LogP contribution in [-0.2, 0) is 6.18 Å². The summed E-state index contributed by atoms with van der Waals surface area (Å²) < 4.78 is 39.2. The minimum atomic E-state index is -4.43. The van der Waals surface area contributed by atoms with E-state index in [0.29, 0.717) is 11.3 Å². The second kappa shape index (κ2) is 6.28. The molecule has 0 saturated carbocycles. The molecule has 0 atom stereocenters. The predicted molar refractivity (Wildman–Crippen MR) is 85.4 cm³/mol. The standard InChI is InChI=1S/C16H17F3N4/c1-10(22-20)11-4-6-12(7-5-11)14-8-13(16(17,18)19)9-15(21-14)23(2)3/h4-9H,20H2,1-3H3/b22-10+. The van der Waals surface area contributed by atoms with E-state index in [1.54, 1.807) is 50.2 Å². The Morgan fingerprint density at radius 3 is 2.22 bits per heavy atom. The van der Waals surface area contributed by atoms with E-state index in [9.17, 15) is 13.2 Å². The molecule has 1 heterocycles. The van der Waals surface area contributed by atoms with Gasteiger partial charge in [-0.25, -0.2) is 4.98 Å². The quantitative estimate of drug-likeness (QED) is 0.534. The van der Waals surface area contributed by atoms with Crippen LogP contribution in [0.2, 0.25) is 0 Å². The lowest BCUT2D eigenvalue weighted by atomic mass is 10.0. The summed E-state index contributed by atoms with van der Waals surface area (Å²) >= 11 is 0. The third kappa shape index (κ3) is 3.80. The van der Waals surface area contributed by atoms with Gasteiger partial charge < -0.3 is 10.7 Å². The molecule has 0 spiro atoms. The highest BCUT2D eigenvalue weighted by atomic mass is 19.4. The van der Waals surface area contributed by atoms with Crippen molar-refractivity contribution in [3.05, 3.63) is 47.5 Å². The third-order valence-electron chi connectivity index (χ3n) is 3.39. The number of anilines is 1. The fraction of sp³-hybridized carbons (Fsp3) is 0.250. The number of nitrogens with zero attached hydrogens (tertiary/aromatic N) is 3. The molecule has 2 N–H and O–H groups in total. The van der Waals surface area contributed by atoms with E-state index in [1.165, 1.54) is 0 Å². The second-order valence-corrected chi connectivity index (χ2v) is 5.28. The Bertz CT molecular complexity index is 719. The monoisotopic (exact) mass is 322 g/mol. The first-order valence-corrected chi connectivity index (χ1v) is 6.84. The van der Waals surface area contributed by atoms with Crippen LogP contribution in [0.3, 0.4) is 0 Å². The van der Waals surface area contributed by atoms with Gasteiger partial charge in [0.25, 0.3) is 0 Å². The van der Waals surface area contributed by atoms with E-state index in [0.717, 1.165) is 17.7 Å². The smallest absolute Gasteiger partial charge is 0.363 e. The van der Waals surface area contributed by atoms with Crippen LogP contribution in [0.25, 0.3) is 11.3 Å². The van der Waals surface area contributed by atoms with Gasteiger partial charge in [-0.1, -0.05) is 24.3 Å². The summed E-state index contributed by atoms with van der Waals surface area (Å²) in [6.07, 6.45) is -4.43. The molecule has 0 aliphatic carbocycles. The molecule has 0 unspecified atom stereocenters. The van der Waals surface area contributed by atoms with Gasteiger partial charge in [0.15, 0.2) is 0 Å². The van der Waals surface area contributed by atoms with Gasteiger partial charge in [-0.15, -0.1) is 0 Å². The lowest BCUT2D eigenvalue weighted by Crippen LogP contribution is -2.14. The molecule has 0 bridgehead atoms. The molecule has 0 amide bonds.